The van der Waals surface area contributed by atoms with Crippen LogP contribution in [0.2, 0.25) is 5.02 Å². The molecule has 0 amide bonds. The van der Waals surface area contributed by atoms with Crippen molar-refractivity contribution in [2.45, 2.75) is 0 Å². The highest BCUT2D eigenvalue weighted by molar-refractivity contribution is 6.33. The molecule has 1 aliphatic rings. The normalized spacial score (nSPS) is 14.4. The highest BCUT2D eigenvalue weighted by Gasteiger charge is 2.24. The molecule has 0 saturated carbocycles. The highest BCUT2D eigenvalue weighted by Crippen LogP contribution is 2.28. The fraction of sp³-hybridized carbons (Fsp3) is 0.300. The molecule has 1 saturated heterocycles. The standard InChI is InChI=1S/C20H22ClFN6/c1-25(16-9-7-15(22)8-10-16)19-23-24-20(26(19)2)28-13-11-27(12-14-28)18-6-4-3-5-17(18)21/h3-10H,11-14H2,1-2H3. The van der Waals surface area contributed by atoms with Crippen molar-refractivity contribution < 1.29 is 4.39 Å². The summed E-state index contributed by atoms with van der Waals surface area (Å²) < 4.78 is 15.2. The average molecular weight is 401 g/mol. The summed E-state index contributed by atoms with van der Waals surface area (Å²) in [6, 6.07) is 14.3. The van der Waals surface area contributed by atoms with Gasteiger partial charge in [-0.1, -0.05) is 23.7 Å². The molecule has 28 heavy (non-hydrogen) atoms. The number of anilines is 4. The number of hydrogen-bond acceptors (Lipinski definition) is 5. The summed E-state index contributed by atoms with van der Waals surface area (Å²) in [5.74, 6) is 1.27. The first kappa shape index (κ1) is 18.6. The van der Waals surface area contributed by atoms with E-state index in [0.717, 1.165) is 48.5 Å². The van der Waals surface area contributed by atoms with Crippen LogP contribution in [-0.4, -0.2) is 48.0 Å². The second-order valence-corrected chi connectivity index (χ2v) is 7.23. The predicted octanol–water partition coefficient (Wildman–Crippen LogP) is 3.70. The fourth-order valence-electron chi connectivity index (χ4n) is 3.52. The molecule has 1 fully saturated rings. The molecule has 8 heteroatoms. The Morgan fingerprint density at radius 2 is 1.57 bits per heavy atom. The average Bonchev–Trinajstić information content (AvgIpc) is 3.10. The van der Waals surface area contributed by atoms with Gasteiger partial charge >= 0.3 is 0 Å². The van der Waals surface area contributed by atoms with E-state index in [1.165, 1.54) is 12.1 Å². The molecule has 6 nitrogen and oxygen atoms in total. The molecule has 0 aliphatic carbocycles. The summed E-state index contributed by atoms with van der Waals surface area (Å²) in [4.78, 5) is 6.42. The summed E-state index contributed by atoms with van der Waals surface area (Å²) in [5.41, 5.74) is 1.92. The predicted molar refractivity (Wildman–Crippen MR) is 111 cm³/mol. The Kier molecular flexibility index (Phi) is 5.09. The molecule has 2 heterocycles. The zero-order valence-electron chi connectivity index (χ0n) is 15.9. The number of rotatable bonds is 4. The Bertz CT molecular complexity index is 950. The number of aromatic nitrogens is 3. The minimum Gasteiger partial charge on any atom is -0.367 e. The van der Waals surface area contributed by atoms with Crippen LogP contribution in [0.25, 0.3) is 0 Å². The van der Waals surface area contributed by atoms with Crippen molar-refractivity contribution >= 4 is 34.9 Å². The second-order valence-electron chi connectivity index (χ2n) is 6.82. The Labute approximate surface area is 168 Å². The Balaban J connectivity index is 1.48. The molecule has 0 bridgehead atoms. The van der Waals surface area contributed by atoms with Crippen molar-refractivity contribution in [1.82, 2.24) is 14.8 Å². The third kappa shape index (κ3) is 3.49. The Morgan fingerprint density at radius 1 is 0.929 bits per heavy atom. The molecule has 0 spiro atoms. The summed E-state index contributed by atoms with van der Waals surface area (Å²) >= 11 is 6.33. The molecule has 0 unspecified atom stereocenters. The number of para-hydroxylation sites is 1. The van der Waals surface area contributed by atoms with Crippen LogP contribution < -0.4 is 14.7 Å². The van der Waals surface area contributed by atoms with Crippen LogP contribution in [0, 0.1) is 5.82 Å². The van der Waals surface area contributed by atoms with Crippen molar-refractivity contribution in [2.24, 2.45) is 7.05 Å². The zero-order valence-corrected chi connectivity index (χ0v) is 16.6. The van der Waals surface area contributed by atoms with Gasteiger partial charge in [-0.25, -0.2) is 4.39 Å². The van der Waals surface area contributed by atoms with Gasteiger partial charge in [-0.15, -0.1) is 10.2 Å². The van der Waals surface area contributed by atoms with Crippen LogP contribution in [0.1, 0.15) is 0 Å². The van der Waals surface area contributed by atoms with E-state index in [2.05, 4.69) is 26.1 Å². The van der Waals surface area contributed by atoms with Crippen LogP contribution >= 0.6 is 11.6 Å². The molecule has 0 atom stereocenters. The van der Waals surface area contributed by atoms with Gasteiger partial charge in [0, 0.05) is 46.0 Å². The van der Waals surface area contributed by atoms with E-state index < -0.39 is 0 Å². The zero-order chi connectivity index (χ0) is 19.7. The molecule has 4 rings (SSSR count). The van der Waals surface area contributed by atoms with E-state index in [4.69, 9.17) is 11.6 Å². The molecule has 0 radical (unpaired) electrons. The van der Waals surface area contributed by atoms with E-state index in [9.17, 15) is 4.39 Å². The van der Waals surface area contributed by atoms with Gasteiger partial charge in [0.2, 0.25) is 11.9 Å². The van der Waals surface area contributed by atoms with Crippen LogP contribution in [-0.2, 0) is 7.05 Å². The summed E-state index contributed by atoms with van der Waals surface area (Å²) in [5, 5.41) is 9.52. The van der Waals surface area contributed by atoms with Crippen molar-refractivity contribution in [3.63, 3.8) is 0 Å². The van der Waals surface area contributed by atoms with E-state index in [-0.39, 0.29) is 5.82 Å². The van der Waals surface area contributed by atoms with Gasteiger partial charge in [-0.05, 0) is 36.4 Å². The van der Waals surface area contributed by atoms with Gasteiger partial charge in [-0.2, -0.15) is 0 Å². The maximum absolute atomic E-state index is 13.2. The molecule has 146 valence electrons. The molecule has 2 aromatic carbocycles. The number of benzene rings is 2. The summed E-state index contributed by atoms with van der Waals surface area (Å²) in [6.07, 6.45) is 0. The Morgan fingerprint density at radius 3 is 2.25 bits per heavy atom. The van der Waals surface area contributed by atoms with E-state index in [1.54, 1.807) is 12.1 Å². The lowest BCUT2D eigenvalue weighted by atomic mass is 10.2. The number of halogens is 2. The van der Waals surface area contributed by atoms with Gasteiger partial charge in [0.15, 0.2) is 0 Å². The first-order valence-corrected chi connectivity index (χ1v) is 9.55. The van der Waals surface area contributed by atoms with Crippen LogP contribution in [0.5, 0.6) is 0 Å². The number of nitrogens with zero attached hydrogens (tertiary/aromatic N) is 6. The van der Waals surface area contributed by atoms with Gasteiger partial charge in [-0.3, -0.25) is 4.57 Å². The fourth-order valence-corrected chi connectivity index (χ4v) is 3.77. The number of piperazine rings is 1. The number of hydrogen-bond donors (Lipinski definition) is 0. The van der Waals surface area contributed by atoms with Crippen molar-refractivity contribution in [3.05, 3.63) is 59.4 Å². The van der Waals surface area contributed by atoms with Crippen LogP contribution in [0.3, 0.4) is 0 Å². The summed E-state index contributed by atoms with van der Waals surface area (Å²) in [7, 11) is 3.85. The van der Waals surface area contributed by atoms with Gasteiger partial charge < -0.3 is 14.7 Å². The van der Waals surface area contributed by atoms with Gasteiger partial charge in [0.1, 0.15) is 5.82 Å². The molecule has 0 N–H and O–H groups in total. The van der Waals surface area contributed by atoms with Crippen LogP contribution in [0.15, 0.2) is 48.5 Å². The quantitative estimate of drug-likeness (QED) is 0.667. The van der Waals surface area contributed by atoms with Gasteiger partial charge in [0.05, 0.1) is 10.7 Å². The van der Waals surface area contributed by atoms with E-state index in [0.29, 0.717) is 5.95 Å². The second kappa shape index (κ2) is 7.67. The first-order valence-electron chi connectivity index (χ1n) is 9.17. The van der Waals surface area contributed by atoms with E-state index in [1.807, 2.05) is 41.8 Å². The van der Waals surface area contributed by atoms with E-state index >= 15 is 0 Å². The van der Waals surface area contributed by atoms with Crippen molar-refractivity contribution in [3.8, 4) is 0 Å². The van der Waals surface area contributed by atoms with Crippen molar-refractivity contribution in [2.75, 3.05) is 47.9 Å². The third-order valence-electron chi connectivity index (χ3n) is 5.10. The van der Waals surface area contributed by atoms with Crippen molar-refractivity contribution in [1.29, 1.82) is 0 Å². The van der Waals surface area contributed by atoms with Crippen LogP contribution in [0.4, 0.5) is 27.7 Å². The third-order valence-corrected chi connectivity index (χ3v) is 5.42. The van der Waals surface area contributed by atoms with Gasteiger partial charge in [0.25, 0.3) is 0 Å². The molecular formula is C20H22ClFN6. The minimum atomic E-state index is -0.257. The maximum atomic E-state index is 13.2. The molecular weight excluding hydrogens is 379 g/mol. The lowest BCUT2D eigenvalue weighted by Crippen LogP contribution is -2.47. The SMILES string of the molecule is CN(c1ccc(F)cc1)c1nnc(N2CCN(c3ccccc3Cl)CC2)n1C. The molecule has 3 aromatic rings. The smallest absolute Gasteiger partial charge is 0.232 e. The Hall–Kier alpha value is -2.80. The highest BCUT2D eigenvalue weighted by atomic mass is 35.5. The first-order chi connectivity index (χ1) is 13.5. The maximum Gasteiger partial charge on any atom is 0.232 e. The lowest BCUT2D eigenvalue weighted by molar-refractivity contribution is 0.627. The summed E-state index contributed by atoms with van der Waals surface area (Å²) in [6.45, 7) is 3.38. The molecule has 1 aliphatic heterocycles. The lowest BCUT2D eigenvalue weighted by Gasteiger charge is -2.36. The monoisotopic (exact) mass is 400 g/mol. The minimum absolute atomic E-state index is 0.257. The largest absolute Gasteiger partial charge is 0.367 e. The molecule has 1 aromatic heterocycles. The topological polar surface area (TPSA) is 40.4 Å².